The third-order valence-electron chi connectivity index (χ3n) is 3.12. The summed E-state index contributed by atoms with van der Waals surface area (Å²) in [6.45, 7) is 1.18. The average Bonchev–Trinajstić information content (AvgIpc) is 2.97. The zero-order valence-electron chi connectivity index (χ0n) is 10.8. The van der Waals surface area contributed by atoms with Crippen molar-refractivity contribution in [3.05, 3.63) is 24.0 Å². The molecule has 0 saturated carbocycles. The second-order valence-corrected chi connectivity index (χ2v) is 4.46. The summed E-state index contributed by atoms with van der Waals surface area (Å²) in [5, 5.41) is 15.1. The van der Waals surface area contributed by atoms with Gasteiger partial charge in [-0.05, 0) is 18.6 Å². The highest BCUT2D eigenvalue weighted by Gasteiger charge is 2.25. The first-order chi connectivity index (χ1) is 9.09. The molecule has 1 saturated heterocycles. The quantitative estimate of drug-likeness (QED) is 0.726. The Morgan fingerprint density at radius 2 is 2.42 bits per heavy atom. The Morgan fingerprint density at radius 3 is 3.00 bits per heavy atom. The van der Waals surface area contributed by atoms with Crippen LogP contribution in [0.4, 0.5) is 9.59 Å². The molecule has 1 fully saturated rings. The van der Waals surface area contributed by atoms with Crippen LogP contribution in [0.5, 0.6) is 0 Å². The van der Waals surface area contributed by atoms with E-state index < -0.39 is 12.1 Å². The van der Waals surface area contributed by atoms with E-state index in [4.69, 9.17) is 0 Å². The summed E-state index contributed by atoms with van der Waals surface area (Å²) >= 11 is 0. The van der Waals surface area contributed by atoms with E-state index in [-0.39, 0.29) is 6.03 Å². The van der Waals surface area contributed by atoms with Crippen LogP contribution in [0.1, 0.15) is 18.2 Å². The van der Waals surface area contributed by atoms with Crippen molar-refractivity contribution >= 4 is 12.1 Å². The zero-order chi connectivity index (χ0) is 13.8. The van der Waals surface area contributed by atoms with Crippen LogP contribution in [0, 0.1) is 0 Å². The van der Waals surface area contributed by atoms with Crippen molar-refractivity contribution in [2.45, 2.75) is 12.5 Å². The van der Waals surface area contributed by atoms with Gasteiger partial charge < -0.3 is 20.3 Å². The third kappa shape index (κ3) is 3.05. The SMILES string of the molecule is Cn1cccc1C(O)CCNC(=O)N1CCNC1=O. The molecule has 104 valence electrons. The van der Waals surface area contributed by atoms with Crippen LogP contribution in [-0.2, 0) is 7.05 Å². The van der Waals surface area contributed by atoms with Crippen molar-refractivity contribution in [3.63, 3.8) is 0 Å². The number of aromatic nitrogens is 1. The molecule has 0 spiro atoms. The number of rotatable bonds is 4. The standard InChI is InChI=1S/C12H18N4O3/c1-15-7-2-3-9(15)10(17)4-5-13-11(18)16-8-6-14-12(16)19/h2-3,7,10,17H,4-6,8H2,1H3,(H,13,18)(H,14,19). The van der Waals surface area contributed by atoms with Crippen molar-refractivity contribution in [2.24, 2.45) is 7.05 Å². The lowest BCUT2D eigenvalue weighted by Gasteiger charge is -2.15. The van der Waals surface area contributed by atoms with E-state index in [1.165, 1.54) is 0 Å². The number of nitrogens with zero attached hydrogens (tertiary/aromatic N) is 2. The molecule has 1 atom stereocenters. The first-order valence-corrected chi connectivity index (χ1v) is 6.22. The van der Waals surface area contributed by atoms with Crippen LogP contribution >= 0.6 is 0 Å². The van der Waals surface area contributed by atoms with E-state index in [1.807, 2.05) is 29.9 Å². The molecule has 1 aliphatic heterocycles. The van der Waals surface area contributed by atoms with Gasteiger partial charge in [0.05, 0.1) is 6.10 Å². The minimum Gasteiger partial charge on any atom is -0.387 e. The summed E-state index contributed by atoms with van der Waals surface area (Å²) in [6, 6.07) is 2.89. The summed E-state index contributed by atoms with van der Waals surface area (Å²) in [6.07, 6.45) is 1.62. The van der Waals surface area contributed by atoms with Crippen LogP contribution in [0.15, 0.2) is 18.3 Å². The Hall–Kier alpha value is -2.02. The summed E-state index contributed by atoms with van der Waals surface area (Å²) in [7, 11) is 1.85. The first kappa shape index (κ1) is 13.4. The Morgan fingerprint density at radius 1 is 1.63 bits per heavy atom. The zero-order valence-corrected chi connectivity index (χ0v) is 10.8. The van der Waals surface area contributed by atoms with E-state index in [0.29, 0.717) is 26.1 Å². The van der Waals surface area contributed by atoms with Crippen LogP contribution in [0.3, 0.4) is 0 Å². The van der Waals surface area contributed by atoms with Gasteiger partial charge in [-0.1, -0.05) is 0 Å². The number of aryl methyl sites for hydroxylation is 1. The molecule has 1 aliphatic rings. The second kappa shape index (κ2) is 5.75. The van der Waals surface area contributed by atoms with Crippen LogP contribution in [0.25, 0.3) is 0 Å². The van der Waals surface area contributed by atoms with Crippen molar-refractivity contribution < 1.29 is 14.7 Å². The Bertz CT molecular complexity index is 471. The smallest absolute Gasteiger partial charge is 0.325 e. The number of nitrogens with one attached hydrogen (secondary N) is 2. The lowest BCUT2D eigenvalue weighted by Crippen LogP contribution is -2.42. The molecule has 3 N–H and O–H groups in total. The predicted molar refractivity (Wildman–Crippen MR) is 68.5 cm³/mol. The number of carbonyl (C=O) groups excluding carboxylic acids is 2. The number of urea groups is 2. The normalized spacial score (nSPS) is 16.3. The van der Waals surface area contributed by atoms with Crippen LogP contribution in [-0.4, -0.2) is 46.3 Å². The van der Waals surface area contributed by atoms with Gasteiger partial charge in [-0.2, -0.15) is 0 Å². The number of aliphatic hydroxyl groups is 1. The Labute approximate surface area is 111 Å². The monoisotopic (exact) mass is 266 g/mol. The fourth-order valence-corrected chi connectivity index (χ4v) is 2.05. The highest BCUT2D eigenvalue weighted by Crippen LogP contribution is 2.15. The van der Waals surface area contributed by atoms with Gasteiger partial charge in [0.2, 0.25) is 0 Å². The van der Waals surface area contributed by atoms with Gasteiger partial charge in [-0.3, -0.25) is 0 Å². The first-order valence-electron chi connectivity index (χ1n) is 6.22. The molecule has 0 aliphatic carbocycles. The Balaban J connectivity index is 1.76. The minimum absolute atomic E-state index is 0.314. The molecular formula is C12H18N4O3. The summed E-state index contributed by atoms with van der Waals surface area (Å²) in [5.41, 5.74) is 0.799. The van der Waals surface area contributed by atoms with Gasteiger partial charge in [0.25, 0.3) is 0 Å². The van der Waals surface area contributed by atoms with E-state index in [2.05, 4.69) is 10.6 Å². The summed E-state index contributed by atoms with van der Waals surface area (Å²) in [4.78, 5) is 24.0. The number of hydrogen-bond donors (Lipinski definition) is 3. The summed E-state index contributed by atoms with van der Waals surface area (Å²) in [5.74, 6) is 0. The number of carbonyl (C=O) groups is 2. The molecule has 19 heavy (non-hydrogen) atoms. The molecule has 1 aromatic rings. The summed E-state index contributed by atoms with van der Waals surface area (Å²) < 4.78 is 1.83. The van der Waals surface area contributed by atoms with Gasteiger partial charge in [0.1, 0.15) is 0 Å². The predicted octanol–water partition coefficient (Wildman–Crippen LogP) is 0.183. The molecule has 0 bridgehead atoms. The molecule has 0 radical (unpaired) electrons. The molecule has 4 amide bonds. The van der Waals surface area contributed by atoms with E-state index in [0.717, 1.165) is 10.6 Å². The van der Waals surface area contributed by atoms with E-state index in [1.54, 1.807) is 0 Å². The Kier molecular flexibility index (Phi) is 4.06. The number of imide groups is 1. The fourth-order valence-electron chi connectivity index (χ4n) is 2.05. The maximum Gasteiger partial charge on any atom is 0.325 e. The lowest BCUT2D eigenvalue weighted by atomic mass is 10.2. The van der Waals surface area contributed by atoms with Crippen molar-refractivity contribution in [3.8, 4) is 0 Å². The molecule has 2 heterocycles. The molecule has 1 unspecified atom stereocenters. The fraction of sp³-hybridized carbons (Fsp3) is 0.500. The van der Waals surface area contributed by atoms with Crippen molar-refractivity contribution in [1.82, 2.24) is 20.1 Å². The molecular weight excluding hydrogens is 248 g/mol. The molecule has 2 rings (SSSR count). The van der Waals surface area contributed by atoms with E-state index >= 15 is 0 Å². The number of aliphatic hydroxyl groups excluding tert-OH is 1. The maximum atomic E-state index is 11.7. The third-order valence-corrected chi connectivity index (χ3v) is 3.12. The number of amides is 4. The van der Waals surface area contributed by atoms with Crippen LogP contribution in [0.2, 0.25) is 0 Å². The van der Waals surface area contributed by atoms with E-state index in [9.17, 15) is 14.7 Å². The van der Waals surface area contributed by atoms with Gasteiger partial charge in [-0.25, -0.2) is 14.5 Å². The molecule has 7 heteroatoms. The topological polar surface area (TPSA) is 86.6 Å². The van der Waals surface area contributed by atoms with Crippen molar-refractivity contribution in [1.29, 1.82) is 0 Å². The molecule has 1 aromatic heterocycles. The highest BCUT2D eigenvalue weighted by atomic mass is 16.3. The molecule has 7 nitrogen and oxygen atoms in total. The maximum absolute atomic E-state index is 11.7. The average molecular weight is 266 g/mol. The van der Waals surface area contributed by atoms with Crippen molar-refractivity contribution in [2.75, 3.05) is 19.6 Å². The number of hydrogen-bond acceptors (Lipinski definition) is 3. The largest absolute Gasteiger partial charge is 0.387 e. The van der Waals surface area contributed by atoms with Gasteiger partial charge in [0, 0.05) is 38.6 Å². The molecule has 0 aromatic carbocycles. The van der Waals surface area contributed by atoms with Gasteiger partial charge in [0.15, 0.2) is 0 Å². The lowest BCUT2D eigenvalue weighted by molar-refractivity contribution is 0.157. The second-order valence-electron chi connectivity index (χ2n) is 4.46. The highest BCUT2D eigenvalue weighted by molar-refractivity contribution is 5.94. The van der Waals surface area contributed by atoms with Crippen LogP contribution < -0.4 is 10.6 Å². The minimum atomic E-state index is -0.632. The van der Waals surface area contributed by atoms with Gasteiger partial charge >= 0.3 is 12.1 Å². The van der Waals surface area contributed by atoms with Gasteiger partial charge in [-0.15, -0.1) is 0 Å².